The Hall–Kier alpha value is -1.43. The van der Waals surface area contributed by atoms with Gasteiger partial charge in [0.15, 0.2) is 0 Å². The van der Waals surface area contributed by atoms with Crippen molar-refractivity contribution in [2.75, 3.05) is 6.61 Å². The molecule has 1 atom stereocenters. The molecule has 0 aliphatic rings. The first kappa shape index (κ1) is 10.6. The maximum atomic E-state index is 9.90. The topological polar surface area (TPSA) is 99.2 Å². The van der Waals surface area contributed by atoms with Gasteiger partial charge in [0.05, 0.1) is 12.7 Å². The highest BCUT2D eigenvalue weighted by molar-refractivity contribution is 5.82. The van der Waals surface area contributed by atoms with Crippen LogP contribution in [-0.2, 0) is 0 Å². The van der Waals surface area contributed by atoms with Crippen molar-refractivity contribution < 1.29 is 10.0 Å². The van der Waals surface area contributed by atoms with E-state index in [1.165, 1.54) is 6.20 Å². The molecule has 68 valence electrons. The Morgan fingerprint density at radius 2 is 2.50 bits per heavy atom. The molecule has 0 aromatic carbocycles. The Morgan fingerprint density at radius 3 is 2.92 bits per heavy atom. The number of aliphatic hydroxyl groups is 1. The van der Waals surface area contributed by atoms with Crippen molar-refractivity contribution in [2.45, 2.75) is 13.0 Å². The van der Waals surface area contributed by atoms with E-state index in [4.69, 9.17) is 10.5 Å². The molecule has 3 N–H and O–H groups in total. The summed E-state index contributed by atoms with van der Waals surface area (Å²) < 4.78 is 0. The molecule has 12 heavy (non-hydrogen) atoms. The summed E-state index contributed by atoms with van der Waals surface area (Å²) in [5, 5.41) is 27.8. The van der Waals surface area contributed by atoms with Crippen molar-refractivity contribution in [1.82, 2.24) is 5.32 Å². The lowest BCUT2D eigenvalue weighted by Gasteiger charge is -2.05. The number of rotatable bonds is 4. The fourth-order valence-electron chi connectivity index (χ4n) is 0.405. The lowest BCUT2D eigenvalue weighted by molar-refractivity contribution is -0.349. The molecule has 0 bridgehead atoms. The largest absolute Gasteiger partial charge is 0.394 e. The molecule has 0 aromatic heterocycles. The van der Waals surface area contributed by atoms with Gasteiger partial charge in [-0.15, -0.1) is 0 Å². The first-order valence-corrected chi connectivity index (χ1v) is 3.34. The van der Waals surface area contributed by atoms with Crippen LogP contribution < -0.4 is 5.32 Å². The Bertz CT molecular complexity index is 202. The molecule has 0 fully saturated rings. The van der Waals surface area contributed by atoms with Crippen LogP contribution >= 0.6 is 0 Å². The highest BCUT2D eigenvalue weighted by Crippen LogP contribution is 1.80. The molecule has 6 nitrogen and oxygen atoms in total. The summed E-state index contributed by atoms with van der Waals surface area (Å²) in [4.78, 5) is 9.09. The van der Waals surface area contributed by atoms with Crippen molar-refractivity contribution >= 4 is 5.84 Å². The van der Waals surface area contributed by atoms with E-state index < -0.39 is 10.8 Å². The lowest BCUT2D eigenvalue weighted by Crippen LogP contribution is -2.24. The smallest absolute Gasteiger partial charge is 0.357 e. The molecule has 0 aliphatic heterocycles. The van der Waals surface area contributed by atoms with Gasteiger partial charge in [-0.1, -0.05) is 5.41 Å². The van der Waals surface area contributed by atoms with Gasteiger partial charge in [-0.2, -0.15) is 0 Å². The zero-order valence-corrected chi connectivity index (χ0v) is 6.65. The Labute approximate surface area is 69.6 Å². The van der Waals surface area contributed by atoms with E-state index in [0.29, 0.717) is 0 Å². The standard InChI is InChI=1S/C6H11N3O3/c1-5(4-10)8-3-2-6(7)9(11)12/h2-3,5,7-8,10H,4H2,1H3/b3-2-,7-6?/t5-/m1/s1. The number of aliphatic hydroxyl groups excluding tert-OH is 1. The number of hydrogen-bond acceptors (Lipinski definition) is 5. The maximum Gasteiger partial charge on any atom is 0.357 e. The van der Waals surface area contributed by atoms with Gasteiger partial charge in [-0.3, -0.25) is 0 Å². The molecule has 0 aliphatic carbocycles. The Balaban J connectivity index is 3.76. The minimum absolute atomic E-state index is 0.0594. The lowest BCUT2D eigenvalue weighted by atomic mass is 10.4. The second kappa shape index (κ2) is 5.25. The van der Waals surface area contributed by atoms with Crippen LogP contribution in [0.4, 0.5) is 0 Å². The van der Waals surface area contributed by atoms with E-state index in [-0.39, 0.29) is 12.6 Å². The molecular weight excluding hydrogens is 162 g/mol. The van der Waals surface area contributed by atoms with Crippen LogP contribution in [-0.4, -0.2) is 28.5 Å². The molecule has 0 spiro atoms. The van der Waals surface area contributed by atoms with Gasteiger partial charge in [0, 0.05) is 12.2 Å². The summed E-state index contributed by atoms with van der Waals surface area (Å²) in [6.07, 6.45) is 2.29. The molecule has 6 heteroatoms. The van der Waals surface area contributed by atoms with Crippen molar-refractivity contribution in [2.24, 2.45) is 0 Å². The molecule has 0 heterocycles. The summed E-state index contributed by atoms with van der Waals surface area (Å²) in [7, 11) is 0. The molecule has 0 unspecified atom stereocenters. The molecule has 0 saturated carbocycles. The predicted molar refractivity (Wildman–Crippen MR) is 43.5 cm³/mol. The third kappa shape index (κ3) is 4.40. The average molecular weight is 173 g/mol. The highest BCUT2D eigenvalue weighted by atomic mass is 16.6. The normalized spacial score (nSPS) is 12.8. The van der Waals surface area contributed by atoms with E-state index in [9.17, 15) is 10.1 Å². The molecule has 0 radical (unpaired) electrons. The minimum atomic E-state index is -0.804. The van der Waals surface area contributed by atoms with Gasteiger partial charge in [0.25, 0.3) is 0 Å². The summed E-state index contributed by atoms with van der Waals surface area (Å²) in [5.41, 5.74) is 0. The second-order valence-electron chi connectivity index (χ2n) is 2.23. The van der Waals surface area contributed by atoms with Crippen LogP contribution in [0.1, 0.15) is 6.92 Å². The Morgan fingerprint density at radius 1 is 1.92 bits per heavy atom. The third-order valence-electron chi connectivity index (χ3n) is 1.09. The van der Waals surface area contributed by atoms with Gasteiger partial charge < -0.3 is 20.5 Å². The third-order valence-corrected chi connectivity index (χ3v) is 1.09. The van der Waals surface area contributed by atoms with Crippen molar-refractivity contribution in [3.05, 3.63) is 22.4 Å². The number of nitrogens with zero attached hydrogens (tertiary/aromatic N) is 1. The minimum Gasteiger partial charge on any atom is -0.394 e. The Kier molecular flexibility index (Phi) is 4.62. The number of nitrogens with one attached hydrogen (secondary N) is 2. The van der Waals surface area contributed by atoms with E-state index >= 15 is 0 Å². The van der Waals surface area contributed by atoms with Gasteiger partial charge in [0.1, 0.15) is 0 Å². The average Bonchev–Trinajstić information content (AvgIpc) is 2.03. The quantitative estimate of drug-likeness (QED) is 0.236. The van der Waals surface area contributed by atoms with Crippen LogP contribution in [0.5, 0.6) is 0 Å². The van der Waals surface area contributed by atoms with Gasteiger partial charge >= 0.3 is 5.84 Å². The maximum absolute atomic E-state index is 9.90. The number of amidine groups is 1. The fraction of sp³-hybridized carbons (Fsp3) is 0.500. The van der Waals surface area contributed by atoms with Gasteiger partial charge in [-0.05, 0) is 11.8 Å². The SMILES string of the molecule is C[C@H](CO)N/C=C\C(=N)[N+](=O)[O-]. The van der Waals surface area contributed by atoms with Crippen LogP contribution in [0.3, 0.4) is 0 Å². The zero-order valence-electron chi connectivity index (χ0n) is 6.65. The summed E-state index contributed by atoms with van der Waals surface area (Å²) in [5.74, 6) is -0.687. The first-order chi connectivity index (χ1) is 5.57. The molecular formula is C6H11N3O3. The second-order valence-corrected chi connectivity index (χ2v) is 2.23. The van der Waals surface area contributed by atoms with Crippen LogP contribution in [0, 0.1) is 15.5 Å². The summed E-state index contributed by atoms with van der Waals surface area (Å²) in [6, 6.07) is -0.166. The monoisotopic (exact) mass is 173 g/mol. The summed E-state index contributed by atoms with van der Waals surface area (Å²) >= 11 is 0. The number of hydrogen-bond donors (Lipinski definition) is 3. The first-order valence-electron chi connectivity index (χ1n) is 3.34. The number of nitro groups is 1. The van der Waals surface area contributed by atoms with Crippen LogP contribution in [0.2, 0.25) is 0 Å². The van der Waals surface area contributed by atoms with E-state index in [0.717, 1.165) is 6.08 Å². The predicted octanol–water partition coefficient (Wildman–Crippen LogP) is -0.276. The fourth-order valence-corrected chi connectivity index (χ4v) is 0.405. The van der Waals surface area contributed by atoms with Crippen molar-refractivity contribution in [3.8, 4) is 0 Å². The van der Waals surface area contributed by atoms with Crippen LogP contribution in [0.15, 0.2) is 12.3 Å². The van der Waals surface area contributed by atoms with Gasteiger partial charge in [-0.25, -0.2) is 0 Å². The van der Waals surface area contributed by atoms with Crippen LogP contribution in [0.25, 0.3) is 0 Å². The van der Waals surface area contributed by atoms with E-state index in [1.54, 1.807) is 6.92 Å². The summed E-state index contributed by atoms with van der Waals surface area (Å²) in [6.45, 7) is 1.65. The van der Waals surface area contributed by atoms with Gasteiger partial charge in [0.2, 0.25) is 0 Å². The molecule has 0 aromatic rings. The molecule has 0 rings (SSSR count). The zero-order chi connectivity index (χ0) is 9.56. The van der Waals surface area contributed by atoms with E-state index in [1.807, 2.05) is 0 Å². The van der Waals surface area contributed by atoms with Crippen molar-refractivity contribution in [3.63, 3.8) is 0 Å². The highest BCUT2D eigenvalue weighted by Gasteiger charge is 2.00. The van der Waals surface area contributed by atoms with Crippen molar-refractivity contribution in [1.29, 1.82) is 5.41 Å². The van der Waals surface area contributed by atoms with E-state index in [2.05, 4.69) is 5.32 Å². The molecule has 0 amide bonds. The molecule has 0 saturated heterocycles.